The van der Waals surface area contributed by atoms with Crippen molar-refractivity contribution in [1.29, 1.82) is 0 Å². The van der Waals surface area contributed by atoms with E-state index in [-0.39, 0.29) is 19.0 Å². The molecule has 6 aromatic rings. The third-order valence-electron chi connectivity index (χ3n) is 15.2. The molecule has 0 N–H and O–H groups in total. The van der Waals surface area contributed by atoms with Gasteiger partial charge in [-0.1, -0.05) is 62.4 Å². The van der Waals surface area contributed by atoms with Crippen LogP contribution >= 0.6 is 0 Å². The van der Waals surface area contributed by atoms with Crippen LogP contribution in [0.5, 0.6) is 23.0 Å². The minimum absolute atomic E-state index is 0.162. The van der Waals surface area contributed by atoms with Crippen LogP contribution in [0, 0.1) is 19.3 Å². The maximum absolute atomic E-state index is 6.92. The minimum atomic E-state index is -0.356. The van der Waals surface area contributed by atoms with E-state index in [4.69, 9.17) is 28.4 Å². The van der Waals surface area contributed by atoms with E-state index in [9.17, 15) is 0 Å². The van der Waals surface area contributed by atoms with Crippen LogP contribution < -0.4 is 18.9 Å². The zero-order valence-corrected chi connectivity index (χ0v) is 42.2. The summed E-state index contributed by atoms with van der Waals surface area (Å²) < 4.78 is 38.5. The molecule has 4 aliphatic carbocycles. The number of aryl methyl sites for hydroxylation is 6. The second kappa shape index (κ2) is 20.8. The Morgan fingerprint density at radius 2 is 0.725 bits per heavy atom. The Labute approximate surface area is 411 Å². The Kier molecular flexibility index (Phi) is 14.2. The van der Waals surface area contributed by atoms with Gasteiger partial charge in [0.15, 0.2) is 13.6 Å². The van der Waals surface area contributed by atoms with Crippen molar-refractivity contribution in [2.45, 2.75) is 130 Å². The zero-order valence-electron chi connectivity index (χ0n) is 42.2. The molecular weight excluding hydrogens is 853 g/mol. The lowest BCUT2D eigenvalue weighted by atomic mass is 9.76. The fraction of sp³-hybridized carbons (Fsp3) is 0.429. The number of ether oxygens (including phenoxy) is 6. The first-order valence-corrected chi connectivity index (χ1v) is 26.0. The SMILES string of the molecule is COCOc1c(-c2ccccc2OCC(C)(C)COc2ccccc2-c2cc(C)cc(-c3c4c(cc5c3CCCC5)CCCC4)c2OCOC)cc(C)cc1-c1c2c(cc3c1CCCC3)CCCC2. The monoisotopic (exact) mass is 925 g/mol. The molecule has 0 saturated carbocycles. The molecule has 6 heteroatoms. The molecule has 69 heavy (non-hydrogen) atoms. The maximum atomic E-state index is 6.92. The summed E-state index contributed by atoms with van der Waals surface area (Å²) in [4.78, 5) is 0. The van der Waals surface area contributed by atoms with E-state index in [2.05, 4.69) is 113 Å². The molecule has 6 aromatic carbocycles. The first-order chi connectivity index (χ1) is 33.7. The van der Waals surface area contributed by atoms with Gasteiger partial charge >= 0.3 is 0 Å². The van der Waals surface area contributed by atoms with Crippen molar-refractivity contribution in [3.05, 3.63) is 141 Å². The number of fused-ring (bicyclic) bond motifs is 4. The van der Waals surface area contributed by atoms with Crippen molar-refractivity contribution in [3.8, 4) is 67.5 Å². The van der Waals surface area contributed by atoms with Gasteiger partial charge in [-0.25, -0.2) is 0 Å². The molecule has 0 amide bonds. The van der Waals surface area contributed by atoms with Crippen LogP contribution in [0.2, 0.25) is 0 Å². The molecule has 0 spiro atoms. The molecule has 0 aromatic heterocycles. The van der Waals surface area contributed by atoms with Crippen LogP contribution in [0.4, 0.5) is 0 Å². The summed E-state index contributed by atoms with van der Waals surface area (Å²) in [6, 6.07) is 31.2. The average molecular weight is 925 g/mol. The molecule has 0 aliphatic heterocycles. The van der Waals surface area contributed by atoms with Gasteiger partial charge in [-0.3, -0.25) is 0 Å². The second-order valence-corrected chi connectivity index (χ2v) is 21.1. The third kappa shape index (κ3) is 9.82. The molecule has 0 atom stereocenters. The summed E-state index contributed by atoms with van der Waals surface area (Å²) in [6.07, 6.45) is 19.0. The zero-order chi connectivity index (χ0) is 47.5. The number of para-hydroxylation sites is 2. The van der Waals surface area contributed by atoms with Gasteiger partial charge in [0.1, 0.15) is 23.0 Å². The lowest BCUT2D eigenvalue weighted by Gasteiger charge is -2.30. The van der Waals surface area contributed by atoms with Crippen molar-refractivity contribution in [2.75, 3.05) is 41.0 Å². The molecule has 0 heterocycles. The highest BCUT2D eigenvalue weighted by Crippen LogP contribution is 2.50. The highest BCUT2D eigenvalue weighted by molar-refractivity contribution is 5.90. The Morgan fingerprint density at radius 1 is 0.391 bits per heavy atom. The largest absolute Gasteiger partial charge is 0.492 e. The van der Waals surface area contributed by atoms with Gasteiger partial charge in [0.2, 0.25) is 0 Å². The lowest BCUT2D eigenvalue weighted by molar-refractivity contribution is 0.0517. The van der Waals surface area contributed by atoms with E-state index in [1.54, 1.807) is 14.2 Å². The van der Waals surface area contributed by atoms with E-state index < -0.39 is 0 Å². The van der Waals surface area contributed by atoms with Crippen molar-refractivity contribution in [3.63, 3.8) is 0 Å². The summed E-state index contributed by atoms with van der Waals surface area (Å²) in [5.41, 5.74) is 23.5. The summed E-state index contributed by atoms with van der Waals surface area (Å²) in [7, 11) is 3.40. The molecule has 0 bridgehead atoms. The predicted octanol–water partition coefficient (Wildman–Crippen LogP) is 14.9. The van der Waals surface area contributed by atoms with Crippen molar-refractivity contribution in [1.82, 2.24) is 0 Å². The van der Waals surface area contributed by atoms with Gasteiger partial charge in [-0.2, -0.15) is 0 Å². The van der Waals surface area contributed by atoms with Crippen LogP contribution in [0.25, 0.3) is 44.5 Å². The maximum Gasteiger partial charge on any atom is 0.188 e. The van der Waals surface area contributed by atoms with Crippen molar-refractivity contribution >= 4 is 0 Å². The first kappa shape index (κ1) is 47.1. The summed E-state index contributed by atoms with van der Waals surface area (Å²) >= 11 is 0. The highest BCUT2D eigenvalue weighted by Gasteiger charge is 2.30. The normalized spacial score (nSPS) is 15.4. The third-order valence-corrected chi connectivity index (χ3v) is 15.2. The van der Waals surface area contributed by atoms with Gasteiger partial charge in [0.05, 0.1) is 13.2 Å². The van der Waals surface area contributed by atoms with E-state index in [0.29, 0.717) is 13.2 Å². The van der Waals surface area contributed by atoms with Gasteiger partial charge in [0.25, 0.3) is 0 Å². The van der Waals surface area contributed by atoms with Crippen molar-refractivity contribution < 1.29 is 28.4 Å². The Balaban J connectivity index is 0.959. The van der Waals surface area contributed by atoms with Gasteiger partial charge in [-0.15, -0.1) is 0 Å². The van der Waals surface area contributed by atoms with E-state index in [1.165, 1.54) is 129 Å². The molecule has 360 valence electrons. The van der Waals surface area contributed by atoms with Gasteiger partial charge in [-0.05, 0) is 220 Å². The molecule has 0 unspecified atom stereocenters. The minimum Gasteiger partial charge on any atom is -0.492 e. The quantitative estimate of drug-likeness (QED) is 0.0902. The molecule has 0 radical (unpaired) electrons. The second-order valence-electron chi connectivity index (χ2n) is 21.1. The highest BCUT2D eigenvalue weighted by atomic mass is 16.7. The number of benzene rings is 6. The van der Waals surface area contributed by atoms with Crippen LogP contribution in [-0.2, 0) is 60.8 Å². The number of hydrogen-bond donors (Lipinski definition) is 0. The standard InChI is InChI=1S/C63H72O6/c1-41-31-53(61(68-39-64-5)55(33-41)59-47-23-11-7-19-43(47)35-44-20-8-12-24-48(44)59)51-27-15-17-29-57(51)66-37-63(3,4)38-67-58-30-18-16-28-52(58)54-32-42(2)34-56(62(54)69-40-65-6)60-49-25-13-9-21-45(49)36-46-22-10-14-26-50(46)60/h15-18,27-36H,7-14,19-26,37-40H2,1-6H3. The van der Waals surface area contributed by atoms with E-state index in [1.807, 2.05) is 0 Å². The topological polar surface area (TPSA) is 55.4 Å². The van der Waals surface area contributed by atoms with Gasteiger partial charge < -0.3 is 28.4 Å². The molecule has 6 nitrogen and oxygen atoms in total. The molecular formula is C63H72O6. The number of methoxy groups -OCH3 is 2. The smallest absolute Gasteiger partial charge is 0.188 e. The number of hydrogen-bond acceptors (Lipinski definition) is 6. The molecule has 0 saturated heterocycles. The van der Waals surface area contributed by atoms with Crippen LogP contribution in [0.15, 0.2) is 84.9 Å². The Hall–Kier alpha value is -5.56. The molecule has 0 fully saturated rings. The first-order valence-electron chi connectivity index (χ1n) is 26.0. The van der Waals surface area contributed by atoms with Crippen LogP contribution in [-0.4, -0.2) is 41.0 Å². The lowest BCUT2D eigenvalue weighted by Crippen LogP contribution is -2.29. The van der Waals surface area contributed by atoms with E-state index >= 15 is 0 Å². The van der Waals surface area contributed by atoms with Crippen LogP contribution in [0.1, 0.15) is 121 Å². The molecule has 10 rings (SSSR count). The summed E-state index contributed by atoms with van der Waals surface area (Å²) in [6.45, 7) is 10.1. The average Bonchev–Trinajstić information content (AvgIpc) is 3.37. The fourth-order valence-electron chi connectivity index (χ4n) is 12.0. The number of rotatable bonds is 16. The fourth-order valence-corrected chi connectivity index (χ4v) is 12.0. The predicted molar refractivity (Wildman–Crippen MR) is 280 cm³/mol. The van der Waals surface area contributed by atoms with E-state index in [0.717, 1.165) is 96.6 Å². The van der Waals surface area contributed by atoms with Gasteiger partial charge in [0, 0.05) is 53.0 Å². The summed E-state index contributed by atoms with van der Waals surface area (Å²) in [5, 5.41) is 0. The Morgan fingerprint density at radius 3 is 1.09 bits per heavy atom. The molecule has 4 aliphatic rings. The summed E-state index contributed by atoms with van der Waals surface area (Å²) in [5.74, 6) is 3.37. The van der Waals surface area contributed by atoms with Crippen molar-refractivity contribution in [2.24, 2.45) is 5.41 Å². The van der Waals surface area contributed by atoms with Crippen LogP contribution in [0.3, 0.4) is 0 Å². The Bertz CT molecular complexity index is 2570.